The van der Waals surface area contributed by atoms with Crippen LogP contribution in [0, 0.1) is 27.5 Å². The number of hydrogen-bond donors (Lipinski definition) is 1. The number of aryl methyl sites for hydroxylation is 2. The van der Waals surface area contributed by atoms with Gasteiger partial charge in [-0.3, -0.25) is 25.0 Å². The summed E-state index contributed by atoms with van der Waals surface area (Å²) in [6.07, 6.45) is 1.34. The largest absolute Gasteiger partial charge is 0.490 e. The maximum Gasteiger partial charge on any atom is 0.335 e. The van der Waals surface area contributed by atoms with E-state index in [4.69, 9.17) is 9.47 Å². The third-order valence-electron chi connectivity index (χ3n) is 6.00. The molecule has 3 aromatic carbocycles. The minimum Gasteiger partial charge on any atom is -0.490 e. The number of hydrogen-bond acceptors (Lipinski definition) is 7. The number of nitro benzene ring substituents is 1. The molecule has 0 unspecified atom stereocenters. The number of nitro groups is 1. The van der Waals surface area contributed by atoms with Crippen molar-refractivity contribution in [2.75, 3.05) is 11.5 Å². The number of amides is 4. The Morgan fingerprint density at radius 3 is 2.49 bits per heavy atom. The van der Waals surface area contributed by atoms with Gasteiger partial charge < -0.3 is 9.47 Å². The predicted molar refractivity (Wildman–Crippen MR) is 153 cm³/mol. The van der Waals surface area contributed by atoms with E-state index in [1.165, 1.54) is 29.8 Å². The molecule has 0 spiro atoms. The van der Waals surface area contributed by atoms with Crippen LogP contribution in [0.15, 0.2) is 60.2 Å². The van der Waals surface area contributed by atoms with Crippen molar-refractivity contribution < 1.29 is 28.8 Å². The van der Waals surface area contributed by atoms with E-state index in [9.17, 15) is 24.5 Å². The number of nitrogens with zero attached hydrogens (tertiary/aromatic N) is 2. The monoisotopic (exact) mass is 641 g/mol. The van der Waals surface area contributed by atoms with Gasteiger partial charge in [-0.05, 0) is 89.9 Å². The Kier molecular flexibility index (Phi) is 8.29. The van der Waals surface area contributed by atoms with E-state index >= 15 is 0 Å². The summed E-state index contributed by atoms with van der Waals surface area (Å²) < 4.78 is 12.6. The zero-order chi connectivity index (χ0) is 28.3. The van der Waals surface area contributed by atoms with Gasteiger partial charge in [-0.2, -0.15) is 0 Å². The summed E-state index contributed by atoms with van der Waals surface area (Å²) in [5, 5.41) is 13.3. The Morgan fingerprint density at radius 2 is 1.79 bits per heavy atom. The number of barbiturate groups is 1. The number of non-ortho nitro benzene ring substituents is 1. The van der Waals surface area contributed by atoms with Gasteiger partial charge in [0.1, 0.15) is 12.2 Å². The first-order valence-corrected chi connectivity index (χ1v) is 13.0. The predicted octanol–water partition coefficient (Wildman–Crippen LogP) is 5.46. The van der Waals surface area contributed by atoms with E-state index in [1.807, 2.05) is 32.9 Å². The summed E-state index contributed by atoms with van der Waals surface area (Å²) in [6, 6.07) is 13.5. The lowest BCUT2D eigenvalue weighted by Gasteiger charge is -2.26. The van der Waals surface area contributed by atoms with Crippen molar-refractivity contribution in [3.8, 4) is 11.5 Å². The summed E-state index contributed by atoms with van der Waals surface area (Å²) in [7, 11) is 0. The van der Waals surface area contributed by atoms with E-state index in [0.29, 0.717) is 38.7 Å². The maximum absolute atomic E-state index is 13.3. The Morgan fingerprint density at radius 1 is 1.03 bits per heavy atom. The minimum absolute atomic E-state index is 0.0372. The van der Waals surface area contributed by atoms with Crippen molar-refractivity contribution in [1.29, 1.82) is 0 Å². The smallest absolute Gasteiger partial charge is 0.335 e. The van der Waals surface area contributed by atoms with Gasteiger partial charge in [-0.25, -0.2) is 9.69 Å². The average Bonchev–Trinajstić information content (AvgIpc) is 2.88. The molecule has 39 heavy (non-hydrogen) atoms. The fraction of sp³-hybridized carbons (Fsp3) is 0.179. The molecule has 0 aliphatic carbocycles. The summed E-state index contributed by atoms with van der Waals surface area (Å²) in [4.78, 5) is 49.6. The molecule has 0 bridgehead atoms. The lowest BCUT2D eigenvalue weighted by molar-refractivity contribution is -0.384. The molecule has 200 valence electrons. The van der Waals surface area contributed by atoms with Gasteiger partial charge in [0.15, 0.2) is 11.5 Å². The molecule has 0 aromatic heterocycles. The Labute approximate surface area is 237 Å². The van der Waals surface area contributed by atoms with Gasteiger partial charge in [0.2, 0.25) is 0 Å². The number of rotatable bonds is 8. The molecule has 1 aliphatic heterocycles. The first-order chi connectivity index (χ1) is 18.6. The highest BCUT2D eigenvalue weighted by Crippen LogP contribution is 2.36. The second kappa shape index (κ2) is 11.6. The highest BCUT2D eigenvalue weighted by Gasteiger charge is 2.37. The van der Waals surface area contributed by atoms with Crippen LogP contribution in [-0.2, 0) is 16.2 Å². The molecule has 11 heteroatoms. The second-order valence-corrected chi connectivity index (χ2v) is 9.87. The average molecular weight is 641 g/mol. The molecule has 1 fully saturated rings. The van der Waals surface area contributed by atoms with Crippen molar-refractivity contribution in [2.45, 2.75) is 27.4 Å². The number of halogens is 1. The maximum atomic E-state index is 13.3. The molecular weight excluding hydrogens is 617 g/mol. The zero-order valence-corrected chi connectivity index (χ0v) is 23.5. The molecule has 0 radical (unpaired) electrons. The van der Waals surface area contributed by atoms with Gasteiger partial charge in [-0.15, -0.1) is 0 Å². The van der Waals surface area contributed by atoms with Crippen molar-refractivity contribution in [2.24, 2.45) is 0 Å². The summed E-state index contributed by atoms with van der Waals surface area (Å²) in [5.74, 6) is -0.844. The van der Waals surface area contributed by atoms with Gasteiger partial charge >= 0.3 is 6.03 Å². The van der Waals surface area contributed by atoms with Crippen LogP contribution in [-0.4, -0.2) is 29.4 Å². The van der Waals surface area contributed by atoms with Gasteiger partial charge in [0.05, 0.1) is 20.8 Å². The number of urea groups is 1. The third-order valence-corrected chi connectivity index (χ3v) is 6.80. The van der Waals surface area contributed by atoms with E-state index in [0.717, 1.165) is 17.2 Å². The Balaban J connectivity index is 1.66. The summed E-state index contributed by atoms with van der Waals surface area (Å²) in [5.41, 5.74) is 3.15. The molecule has 1 aliphatic rings. The first-order valence-electron chi connectivity index (χ1n) is 11.9. The van der Waals surface area contributed by atoms with Crippen molar-refractivity contribution in [1.82, 2.24) is 5.32 Å². The molecule has 0 saturated carbocycles. The van der Waals surface area contributed by atoms with Gasteiger partial charge in [0, 0.05) is 12.1 Å². The molecular formula is C28H24IN3O7. The highest BCUT2D eigenvalue weighted by atomic mass is 127. The molecule has 1 heterocycles. The topological polar surface area (TPSA) is 128 Å². The van der Waals surface area contributed by atoms with Crippen LogP contribution in [0.2, 0.25) is 0 Å². The lowest BCUT2D eigenvalue weighted by atomic mass is 10.1. The standard InChI is InChI=1S/C28H24IN3O7/c1-4-38-24-13-19(12-23(29)25(24)39-15-18-9-8-16(2)17(3)10-18)11-22-26(33)30-28(35)31(27(22)34)20-6-5-7-21(14-20)32(36)37/h5-14H,4,15H2,1-3H3,(H,30,33,35)/b22-11+. The Bertz CT molecular complexity index is 1530. The fourth-order valence-electron chi connectivity index (χ4n) is 3.93. The fourth-order valence-corrected chi connectivity index (χ4v) is 4.71. The normalized spacial score (nSPS) is 14.4. The number of ether oxygens (including phenoxy) is 2. The first kappa shape index (κ1) is 27.8. The van der Waals surface area contributed by atoms with Gasteiger partial charge in [-0.1, -0.05) is 24.3 Å². The molecule has 0 atom stereocenters. The molecule has 1 N–H and O–H groups in total. The van der Waals surface area contributed by atoms with E-state index in [1.54, 1.807) is 12.1 Å². The molecule has 4 amide bonds. The number of carbonyl (C=O) groups excluding carboxylic acids is 3. The van der Waals surface area contributed by atoms with Crippen LogP contribution in [0.3, 0.4) is 0 Å². The van der Waals surface area contributed by atoms with Crippen LogP contribution in [0.4, 0.5) is 16.2 Å². The number of nitrogens with one attached hydrogen (secondary N) is 1. The van der Waals surface area contributed by atoms with Crippen molar-refractivity contribution in [3.05, 3.63) is 96.1 Å². The number of anilines is 1. The summed E-state index contributed by atoms with van der Waals surface area (Å²) >= 11 is 2.09. The molecule has 3 aromatic rings. The minimum atomic E-state index is -0.998. The quantitative estimate of drug-likeness (QED) is 0.114. The van der Waals surface area contributed by atoms with Crippen LogP contribution < -0.4 is 19.7 Å². The van der Waals surface area contributed by atoms with Crippen molar-refractivity contribution in [3.63, 3.8) is 0 Å². The number of imide groups is 2. The molecule has 1 saturated heterocycles. The van der Waals surface area contributed by atoms with E-state index in [2.05, 4.69) is 34.0 Å². The SMILES string of the molecule is CCOc1cc(/C=C2\C(=O)NC(=O)N(c3cccc([N+](=O)[O-])c3)C2=O)cc(I)c1OCc1ccc(C)c(C)c1. The van der Waals surface area contributed by atoms with Crippen LogP contribution >= 0.6 is 22.6 Å². The zero-order valence-electron chi connectivity index (χ0n) is 21.3. The third kappa shape index (κ3) is 6.08. The van der Waals surface area contributed by atoms with Crippen LogP contribution in [0.5, 0.6) is 11.5 Å². The number of carbonyl (C=O) groups is 3. The lowest BCUT2D eigenvalue weighted by Crippen LogP contribution is -2.54. The molecule has 4 rings (SSSR count). The summed E-state index contributed by atoms with van der Waals surface area (Å²) in [6.45, 7) is 6.57. The van der Waals surface area contributed by atoms with Crippen LogP contribution in [0.25, 0.3) is 6.08 Å². The van der Waals surface area contributed by atoms with E-state index < -0.39 is 22.8 Å². The highest BCUT2D eigenvalue weighted by molar-refractivity contribution is 14.1. The van der Waals surface area contributed by atoms with Crippen molar-refractivity contribution >= 4 is 57.9 Å². The van der Waals surface area contributed by atoms with E-state index in [-0.39, 0.29) is 16.9 Å². The Hall–Kier alpha value is -4.26. The number of benzene rings is 3. The second-order valence-electron chi connectivity index (χ2n) is 8.71. The van der Waals surface area contributed by atoms with Gasteiger partial charge in [0.25, 0.3) is 17.5 Å². The molecule has 10 nitrogen and oxygen atoms in total. The van der Waals surface area contributed by atoms with Crippen LogP contribution in [0.1, 0.15) is 29.2 Å².